The van der Waals surface area contributed by atoms with E-state index in [0.717, 1.165) is 11.5 Å². The van der Waals surface area contributed by atoms with Crippen LogP contribution >= 0.6 is 0 Å². The van der Waals surface area contributed by atoms with E-state index in [1.165, 1.54) is 0 Å². The van der Waals surface area contributed by atoms with Crippen LogP contribution in [0.4, 0.5) is 11.9 Å². The van der Waals surface area contributed by atoms with E-state index in [2.05, 4.69) is 19.9 Å². The van der Waals surface area contributed by atoms with Gasteiger partial charge in [0.05, 0.1) is 12.6 Å². The third-order valence-corrected chi connectivity index (χ3v) is 3.29. The van der Waals surface area contributed by atoms with E-state index in [0.29, 0.717) is 18.3 Å². The van der Waals surface area contributed by atoms with E-state index in [1.807, 2.05) is 52.0 Å². The van der Waals surface area contributed by atoms with Gasteiger partial charge in [-0.25, -0.2) is 0 Å². The van der Waals surface area contributed by atoms with Crippen molar-refractivity contribution < 1.29 is 4.42 Å². The van der Waals surface area contributed by atoms with Crippen LogP contribution in [-0.4, -0.2) is 41.0 Å². The predicted molar refractivity (Wildman–Crippen MR) is 81.9 cm³/mol. The van der Waals surface area contributed by atoms with Crippen molar-refractivity contribution in [2.45, 2.75) is 26.4 Å². The lowest BCUT2D eigenvalue weighted by Crippen LogP contribution is -2.25. The van der Waals surface area contributed by atoms with Crippen LogP contribution in [0.5, 0.6) is 0 Å². The summed E-state index contributed by atoms with van der Waals surface area (Å²) >= 11 is 0. The Morgan fingerprint density at radius 2 is 1.90 bits per heavy atom. The topological polar surface area (TPSA) is 84.3 Å². The standard InChI is InChI=1S/C14H22N6O/c1-9-6-7-11(21-9)8-20(5)10(2)12-16-13(15)18-14(17-12)19(3)4/h6-7,10H,8H2,1-5H3,(H2,15,16,17,18)/t10-/m1/s1. The fourth-order valence-electron chi connectivity index (χ4n) is 1.93. The fraction of sp³-hybridized carbons (Fsp3) is 0.500. The summed E-state index contributed by atoms with van der Waals surface area (Å²) in [4.78, 5) is 16.7. The van der Waals surface area contributed by atoms with E-state index in [4.69, 9.17) is 10.2 Å². The summed E-state index contributed by atoms with van der Waals surface area (Å²) in [6.07, 6.45) is 0. The molecule has 0 aliphatic heterocycles. The van der Waals surface area contributed by atoms with Crippen molar-refractivity contribution in [3.8, 4) is 0 Å². The molecule has 2 rings (SSSR count). The number of nitrogen functional groups attached to an aromatic ring is 1. The summed E-state index contributed by atoms with van der Waals surface area (Å²) < 4.78 is 5.60. The lowest BCUT2D eigenvalue weighted by molar-refractivity contribution is 0.223. The summed E-state index contributed by atoms with van der Waals surface area (Å²) in [6, 6.07) is 3.93. The van der Waals surface area contributed by atoms with Gasteiger partial charge in [0.25, 0.3) is 0 Å². The van der Waals surface area contributed by atoms with Gasteiger partial charge in [-0.2, -0.15) is 15.0 Å². The highest BCUT2D eigenvalue weighted by molar-refractivity contribution is 5.33. The first kappa shape index (κ1) is 15.2. The van der Waals surface area contributed by atoms with E-state index in [1.54, 1.807) is 0 Å². The number of anilines is 2. The van der Waals surface area contributed by atoms with Crippen molar-refractivity contribution in [3.05, 3.63) is 29.5 Å². The highest BCUT2D eigenvalue weighted by atomic mass is 16.3. The Morgan fingerprint density at radius 3 is 2.48 bits per heavy atom. The largest absolute Gasteiger partial charge is 0.465 e. The molecule has 0 bridgehead atoms. The highest BCUT2D eigenvalue weighted by Crippen LogP contribution is 2.20. The lowest BCUT2D eigenvalue weighted by Gasteiger charge is -2.23. The van der Waals surface area contributed by atoms with Crippen molar-refractivity contribution in [3.63, 3.8) is 0 Å². The fourth-order valence-corrected chi connectivity index (χ4v) is 1.93. The van der Waals surface area contributed by atoms with Crippen LogP contribution in [0.15, 0.2) is 16.5 Å². The number of rotatable bonds is 5. The van der Waals surface area contributed by atoms with Gasteiger partial charge in [0.15, 0.2) is 5.82 Å². The lowest BCUT2D eigenvalue weighted by atomic mass is 10.2. The van der Waals surface area contributed by atoms with Gasteiger partial charge in [-0.1, -0.05) is 0 Å². The first-order valence-corrected chi connectivity index (χ1v) is 6.81. The summed E-state index contributed by atoms with van der Waals surface area (Å²) in [6.45, 7) is 4.64. The van der Waals surface area contributed by atoms with Crippen LogP contribution in [0.3, 0.4) is 0 Å². The normalized spacial score (nSPS) is 12.7. The molecule has 1 atom stereocenters. The van der Waals surface area contributed by atoms with E-state index >= 15 is 0 Å². The molecule has 0 spiro atoms. The number of hydrogen-bond donors (Lipinski definition) is 1. The minimum atomic E-state index is -0.000550. The van der Waals surface area contributed by atoms with Gasteiger partial charge in [-0.15, -0.1) is 0 Å². The highest BCUT2D eigenvalue weighted by Gasteiger charge is 2.18. The maximum atomic E-state index is 5.77. The number of furan rings is 1. The molecule has 0 aliphatic rings. The van der Waals surface area contributed by atoms with Gasteiger partial charge in [0, 0.05) is 14.1 Å². The van der Waals surface area contributed by atoms with Crippen molar-refractivity contribution in [2.75, 3.05) is 31.8 Å². The van der Waals surface area contributed by atoms with Gasteiger partial charge in [-0.3, -0.25) is 4.90 Å². The molecule has 2 aromatic rings. The maximum Gasteiger partial charge on any atom is 0.229 e. The Bertz CT molecular complexity index is 609. The molecule has 7 nitrogen and oxygen atoms in total. The van der Waals surface area contributed by atoms with Crippen LogP contribution in [0.2, 0.25) is 0 Å². The van der Waals surface area contributed by atoms with Crippen LogP contribution in [0.1, 0.15) is 30.3 Å². The molecular weight excluding hydrogens is 268 g/mol. The molecule has 0 radical (unpaired) electrons. The number of aryl methyl sites for hydroxylation is 1. The van der Waals surface area contributed by atoms with Gasteiger partial charge < -0.3 is 15.1 Å². The quantitative estimate of drug-likeness (QED) is 0.895. The zero-order valence-corrected chi connectivity index (χ0v) is 13.2. The molecule has 114 valence electrons. The Morgan fingerprint density at radius 1 is 1.19 bits per heavy atom. The van der Waals surface area contributed by atoms with E-state index in [9.17, 15) is 0 Å². The Labute approximate surface area is 124 Å². The summed E-state index contributed by atoms with van der Waals surface area (Å²) in [7, 11) is 5.74. The molecule has 21 heavy (non-hydrogen) atoms. The molecule has 2 N–H and O–H groups in total. The van der Waals surface area contributed by atoms with Crippen LogP contribution in [0, 0.1) is 6.92 Å². The summed E-state index contributed by atoms with van der Waals surface area (Å²) in [5.74, 6) is 3.27. The minimum Gasteiger partial charge on any atom is -0.465 e. The Kier molecular flexibility index (Phi) is 4.42. The van der Waals surface area contributed by atoms with Crippen molar-refractivity contribution in [1.82, 2.24) is 19.9 Å². The maximum absolute atomic E-state index is 5.77. The Balaban J connectivity index is 2.16. The van der Waals surface area contributed by atoms with Gasteiger partial charge >= 0.3 is 0 Å². The molecule has 0 aliphatic carbocycles. The molecular formula is C14H22N6O. The monoisotopic (exact) mass is 290 g/mol. The average Bonchev–Trinajstić information content (AvgIpc) is 2.82. The van der Waals surface area contributed by atoms with Gasteiger partial charge in [0.1, 0.15) is 11.5 Å². The van der Waals surface area contributed by atoms with Crippen molar-refractivity contribution in [1.29, 1.82) is 0 Å². The molecule has 0 unspecified atom stereocenters. The van der Waals surface area contributed by atoms with Crippen molar-refractivity contribution >= 4 is 11.9 Å². The zero-order chi connectivity index (χ0) is 15.6. The third kappa shape index (κ3) is 3.69. The second-order valence-electron chi connectivity index (χ2n) is 5.35. The molecule has 2 heterocycles. The van der Waals surface area contributed by atoms with E-state index in [-0.39, 0.29) is 12.0 Å². The first-order chi connectivity index (χ1) is 9.86. The number of nitrogens with zero attached hydrogens (tertiary/aromatic N) is 5. The summed E-state index contributed by atoms with van der Waals surface area (Å²) in [5.41, 5.74) is 5.77. The molecule has 0 saturated heterocycles. The molecule has 0 saturated carbocycles. The zero-order valence-electron chi connectivity index (χ0n) is 13.2. The van der Waals surface area contributed by atoms with Crippen LogP contribution in [0.25, 0.3) is 0 Å². The van der Waals surface area contributed by atoms with Gasteiger partial charge in [0.2, 0.25) is 11.9 Å². The average molecular weight is 290 g/mol. The molecule has 7 heteroatoms. The number of aromatic nitrogens is 3. The molecule has 2 aromatic heterocycles. The number of nitrogens with two attached hydrogens (primary N) is 1. The van der Waals surface area contributed by atoms with Crippen LogP contribution in [-0.2, 0) is 6.54 Å². The minimum absolute atomic E-state index is 0.000550. The second-order valence-corrected chi connectivity index (χ2v) is 5.35. The molecule has 0 amide bonds. The smallest absolute Gasteiger partial charge is 0.229 e. The van der Waals surface area contributed by atoms with Crippen molar-refractivity contribution in [2.24, 2.45) is 0 Å². The van der Waals surface area contributed by atoms with Gasteiger partial charge in [-0.05, 0) is 33.0 Å². The molecule has 0 aromatic carbocycles. The summed E-state index contributed by atoms with van der Waals surface area (Å²) in [5, 5.41) is 0. The first-order valence-electron chi connectivity index (χ1n) is 6.81. The van der Waals surface area contributed by atoms with Crippen LogP contribution < -0.4 is 10.6 Å². The van der Waals surface area contributed by atoms with E-state index < -0.39 is 0 Å². The Hall–Kier alpha value is -2.15. The number of hydrogen-bond acceptors (Lipinski definition) is 7. The SMILES string of the molecule is Cc1ccc(CN(C)[C@H](C)c2nc(N)nc(N(C)C)n2)o1. The molecule has 0 fully saturated rings. The predicted octanol–water partition coefficient (Wildman–Crippen LogP) is 1.61. The second kappa shape index (κ2) is 6.09. The third-order valence-electron chi connectivity index (χ3n) is 3.29.